The zero-order valence-electron chi connectivity index (χ0n) is 20.9. The molecule has 35 heavy (non-hydrogen) atoms. The summed E-state index contributed by atoms with van der Waals surface area (Å²) in [5.74, 6) is -0.267. The van der Waals surface area contributed by atoms with Gasteiger partial charge in [0.25, 0.3) is 0 Å². The molecule has 2 aromatic rings. The minimum absolute atomic E-state index is 0.0173. The lowest BCUT2D eigenvalue weighted by atomic mass is 9.98. The number of carbonyl (C=O) groups excluding carboxylic acids is 1. The molecule has 0 bridgehead atoms. The molecule has 0 aliphatic heterocycles. The van der Waals surface area contributed by atoms with Gasteiger partial charge < -0.3 is 15.2 Å². The summed E-state index contributed by atoms with van der Waals surface area (Å²) in [6.07, 6.45) is 5.98. The van der Waals surface area contributed by atoms with Crippen LogP contribution in [-0.4, -0.2) is 53.8 Å². The summed E-state index contributed by atoms with van der Waals surface area (Å²) in [4.78, 5) is 26.7. The molecule has 1 saturated carbocycles. The number of hydrogen-bond acceptors (Lipinski definition) is 4. The third kappa shape index (κ3) is 6.04. The van der Waals surface area contributed by atoms with Crippen LogP contribution in [0, 0.1) is 5.92 Å². The first-order valence-electron chi connectivity index (χ1n) is 13.1. The van der Waals surface area contributed by atoms with Gasteiger partial charge in [0.15, 0.2) is 0 Å². The number of ether oxygens (including phenoxy) is 1. The molecule has 0 heterocycles. The topological polar surface area (TPSA) is 78.9 Å². The van der Waals surface area contributed by atoms with Gasteiger partial charge in [0.2, 0.25) is 0 Å². The van der Waals surface area contributed by atoms with Gasteiger partial charge in [-0.15, -0.1) is 0 Å². The molecule has 0 aromatic heterocycles. The second kappa shape index (κ2) is 11.7. The van der Waals surface area contributed by atoms with Crippen LogP contribution in [0.3, 0.4) is 0 Å². The number of nitrogens with zero attached hydrogens (tertiary/aromatic N) is 1. The number of carboxylic acid groups (broad SMARTS) is 1. The summed E-state index contributed by atoms with van der Waals surface area (Å²) in [5, 5.41) is 12.7. The summed E-state index contributed by atoms with van der Waals surface area (Å²) in [5.41, 5.74) is 4.77. The Morgan fingerprint density at radius 2 is 1.66 bits per heavy atom. The molecule has 1 amide bonds. The van der Waals surface area contributed by atoms with E-state index in [4.69, 9.17) is 4.74 Å². The second-order valence-electron chi connectivity index (χ2n) is 10.1. The van der Waals surface area contributed by atoms with Crippen LogP contribution in [0.1, 0.15) is 69.4 Å². The van der Waals surface area contributed by atoms with Gasteiger partial charge in [0, 0.05) is 25.0 Å². The molecule has 0 unspecified atom stereocenters. The number of rotatable bonds is 11. The molecule has 0 saturated heterocycles. The van der Waals surface area contributed by atoms with E-state index in [0.29, 0.717) is 12.5 Å². The minimum Gasteiger partial charge on any atom is -0.480 e. The summed E-state index contributed by atoms with van der Waals surface area (Å²) in [6, 6.07) is 15.8. The molecule has 2 atom stereocenters. The molecular formula is C29H38N2O4. The van der Waals surface area contributed by atoms with Crippen LogP contribution in [0.5, 0.6) is 0 Å². The molecule has 0 radical (unpaired) electrons. The fourth-order valence-corrected chi connectivity index (χ4v) is 5.72. The molecule has 6 nitrogen and oxygen atoms in total. The Hall–Kier alpha value is -2.86. The van der Waals surface area contributed by atoms with Crippen molar-refractivity contribution >= 4 is 12.1 Å². The van der Waals surface area contributed by atoms with Crippen molar-refractivity contribution in [2.75, 3.05) is 19.7 Å². The lowest BCUT2D eigenvalue weighted by molar-refractivity contribution is -0.143. The second-order valence-corrected chi connectivity index (χ2v) is 10.1. The number of carboxylic acids is 1. The smallest absolute Gasteiger partial charge is 0.407 e. The van der Waals surface area contributed by atoms with Crippen LogP contribution in [0.15, 0.2) is 48.5 Å². The number of fused-ring (bicyclic) bond motifs is 3. The first-order valence-corrected chi connectivity index (χ1v) is 13.1. The van der Waals surface area contributed by atoms with Crippen molar-refractivity contribution in [2.24, 2.45) is 5.92 Å². The van der Waals surface area contributed by atoms with Crippen molar-refractivity contribution in [1.29, 1.82) is 0 Å². The number of amides is 1. The predicted octanol–water partition coefficient (Wildman–Crippen LogP) is 5.66. The van der Waals surface area contributed by atoms with Gasteiger partial charge in [-0.1, -0.05) is 74.7 Å². The van der Waals surface area contributed by atoms with Gasteiger partial charge in [0.1, 0.15) is 12.6 Å². The summed E-state index contributed by atoms with van der Waals surface area (Å²) in [7, 11) is 0. The quantitative estimate of drug-likeness (QED) is 0.436. The van der Waals surface area contributed by atoms with Crippen LogP contribution < -0.4 is 5.32 Å². The number of carbonyl (C=O) groups is 2. The summed E-state index contributed by atoms with van der Waals surface area (Å²) in [6.45, 7) is 5.38. The molecule has 2 aliphatic rings. The first-order chi connectivity index (χ1) is 17.0. The van der Waals surface area contributed by atoms with E-state index in [1.54, 1.807) is 6.92 Å². The van der Waals surface area contributed by atoms with Gasteiger partial charge in [0.05, 0.1) is 0 Å². The molecule has 4 rings (SSSR count). The van der Waals surface area contributed by atoms with Crippen molar-refractivity contribution in [3.05, 3.63) is 59.7 Å². The zero-order chi connectivity index (χ0) is 24.8. The summed E-state index contributed by atoms with van der Waals surface area (Å²) < 4.78 is 5.75. The largest absolute Gasteiger partial charge is 0.480 e. The average Bonchev–Trinajstić information content (AvgIpc) is 3.48. The number of benzene rings is 2. The fourth-order valence-electron chi connectivity index (χ4n) is 5.72. The number of nitrogens with one attached hydrogen (secondary N) is 1. The zero-order valence-corrected chi connectivity index (χ0v) is 20.9. The third-order valence-corrected chi connectivity index (χ3v) is 7.63. The van der Waals surface area contributed by atoms with Crippen LogP contribution in [-0.2, 0) is 9.53 Å². The molecule has 1 fully saturated rings. The molecule has 6 heteroatoms. The minimum atomic E-state index is -0.820. The highest BCUT2D eigenvalue weighted by Gasteiger charge is 2.30. The van der Waals surface area contributed by atoms with Crippen molar-refractivity contribution < 1.29 is 19.4 Å². The highest BCUT2D eigenvalue weighted by molar-refractivity contribution is 5.79. The standard InChI is InChI=1S/C29H38N2O4/c1-3-10-22(18-31(20(2)28(32)33)17-21-11-4-5-12-21)30-29(34)35-19-27-25-15-8-6-13-23(25)24-14-7-9-16-26(24)27/h6-9,13-16,20-22,27H,3-5,10-12,17-19H2,1-2H3,(H,30,34)(H,32,33)/t20-,22+/m0/s1. The van der Waals surface area contributed by atoms with E-state index in [1.807, 2.05) is 29.2 Å². The molecule has 2 aromatic carbocycles. The Bertz CT molecular complexity index is 972. The van der Waals surface area contributed by atoms with Gasteiger partial charge >= 0.3 is 12.1 Å². The first kappa shape index (κ1) is 25.2. The maximum absolute atomic E-state index is 12.9. The Morgan fingerprint density at radius 3 is 2.23 bits per heavy atom. The maximum atomic E-state index is 12.9. The van der Waals surface area contributed by atoms with E-state index in [-0.39, 0.29) is 18.6 Å². The van der Waals surface area contributed by atoms with Crippen molar-refractivity contribution in [3.8, 4) is 11.1 Å². The molecule has 2 N–H and O–H groups in total. The normalized spacial score (nSPS) is 17.1. The molecular weight excluding hydrogens is 440 g/mol. The SMILES string of the molecule is CCC[C@H](CN(CC1CCCC1)[C@@H](C)C(=O)O)NC(=O)OCC1c2ccccc2-c2ccccc21. The van der Waals surface area contributed by atoms with Crippen LogP contribution in [0.25, 0.3) is 11.1 Å². The van der Waals surface area contributed by atoms with Gasteiger partial charge in [-0.3, -0.25) is 9.69 Å². The van der Waals surface area contributed by atoms with E-state index in [1.165, 1.54) is 35.1 Å². The van der Waals surface area contributed by atoms with E-state index >= 15 is 0 Å². The molecule has 188 valence electrons. The number of alkyl carbamates (subject to hydrolysis) is 1. The third-order valence-electron chi connectivity index (χ3n) is 7.63. The number of aliphatic carboxylic acids is 1. The lowest BCUT2D eigenvalue weighted by Crippen LogP contribution is -2.50. The van der Waals surface area contributed by atoms with Gasteiger partial charge in [-0.05, 0) is 54.4 Å². The Balaban J connectivity index is 1.39. The van der Waals surface area contributed by atoms with E-state index in [0.717, 1.165) is 32.2 Å². The van der Waals surface area contributed by atoms with Crippen LogP contribution in [0.2, 0.25) is 0 Å². The Morgan fingerprint density at radius 1 is 1.06 bits per heavy atom. The van der Waals surface area contributed by atoms with Crippen LogP contribution >= 0.6 is 0 Å². The van der Waals surface area contributed by atoms with E-state index in [9.17, 15) is 14.7 Å². The highest BCUT2D eigenvalue weighted by atomic mass is 16.5. The monoisotopic (exact) mass is 478 g/mol. The van der Waals surface area contributed by atoms with Crippen molar-refractivity contribution in [2.45, 2.75) is 70.4 Å². The van der Waals surface area contributed by atoms with Gasteiger partial charge in [-0.25, -0.2) is 4.79 Å². The van der Waals surface area contributed by atoms with Crippen molar-refractivity contribution in [3.63, 3.8) is 0 Å². The molecule has 0 spiro atoms. The Kier molecular flexibility index (Phi) is 8.45. The van der Waals surface area contributed by atoms with Crippen molar-refractivity contribution in [1.82, 2.24) is 10.2 Å². The predicted molar refractivity (Wildman–Crippen MR) is 138 cm³/mol. The highest BCUT2D eigenvalue weighted by Crippen LogP contribution is 2.44. The van der Waals surface area contributed by atoms with E-state index < -0.39 is 18.1 Å². The lowest BCUT2D eigenvalue weighted by Gasteiger charge is -2.32. The van der Waals surface area contributed by atoms with Gasteiger partial charge in [-0.2, -0.15) is 0 Å². The summed E-state index contributed by atoms with van der Waals surface area (Å²) >= 11 is 0. The van der Waals surface area contributed by atoms with Crippen LogP contribution in [0.4, 0.5) is 4.79 Å². The Labute approximate surface area is 208 Å². The fraction of sp³-hybridized carbons (Fsp3) is 0.517. The molecule has 2 aliphatic carbocycles. The number of hydrogen-bond donors (Lipinski definition) is 2. The van der Waals surface area contributed by atoms with E-state index in [2.05, 4.69) is 36.5 Å². The maximum Gasteiger partial charge on any atom is 0.407 e. The average molecular weight is 479 g/mol.